The minimum atomic E-state index is 0.157. The van der Waals surface area contributed by atoms with E-state index in [1.165, 1.54) is 38.9 Å². The van der Waals surface area contributed by atoms with Crippen molar-refractivity contribution in [3.05, 3.63) is 0 Å². The third-order valence-electron chi connectivity index (χ3n) is 6.28. The maximum atomic E-state index is 12.3. The normalized spacial score (nSPS) is 26.9. The molecule has 3 aliphatic heterocycles. The zero-order valence-corrected chi connectivity index (χ0v) is 16.4. The van der Waals surface area contributed by atoms with Crippen molar-refractivity contribution >= 4 is 11.8 Å². The Hall–Kier alpha value is -1.14. The quantitative estimate of drug-likeness (QED) is 0.775. The molecule has 0 bridgehead atoms. The molecular weight excluding hydrogens is 328 g/mol. The van der Waals surface area contributed by atoms with Gasteiger partial charge in [-0.05, 0) is 71.6 Å². The summed E-state index contributed by atoms with van der Waals surface area (Å²) in [6.45, 7) is 6.16. The number of piperidine rings is 3. The molecule has 3 aliphatic rings. The van der Waals surface area contributed by atoms with Gasteiger partial charge < -0.3 is 15.1 Å². The number of nitrogens with one attached hydrogen (secondary N) is 1. The summed E-state index contributed by atoms with van der Waals surface area (Å²) in [5, 5.41) is 3.25. The first-order valence-corrected chi connectivity index (χ1v) is 10.6. The number of likely N-dealkylation sites (tertiary alicyclic amines) is 3. The van der Waals surface area contributed by atoms with Crippen molar-refractivity contribution in [2.45, 2.75) is 69.9 Å². The van der Waals surface area contributed by atoms with E-state index in [0.29, 0.717) is 24.9 Å². The number of hydrogen-bond donors (Lipinski definition) is 1. The molecule has 0 aromatic carbocycles. The van der Waals surface area contributed by atoms with Gasteiger partial charge in [-0.1, -0.05) is 0 Å². The molecule has 1 unspecified atom stereocenters. The van der Waals surface area contributed by atoms with Gasteiger partial charge in [-0.3, -0.25) is 14.5 Å². The lowest BCUT2D eigenvalue weighted by Crippen LogP contribution is -2.53. The first-order chi connectivity index (χ1) is 12.6. The summed E-state index contributed by atoms with van der Waals surface area (Å²) in [7, 11) is 2.20. The van der Waals surface area contributed by atoms with E-state index in [-0.39, 0.29) is 11.8 Å². The average Bonchev–Trinajstić information content (AvgIpc) is 2.64. The average molecular weight is 365 g/mol. The molecule has 0 aromatic rings. The first kappa shape index (κ1) is 19.6. The first-order valence-electron chi connectivity index (χ1n) is 10.6. The lowest BCUT2D eigenvalue weighted by molar-refractivity contribution is -0.133. The van der Waals surface area contributed by atoms with Crippen molar-refractivity contribution in [1.29, 1.82) is 0 Å². The number of rotatable bonds is 6. The molecule has 1 N–H and O–H groups in total. The Labute approximate surface area is 158 Å². The number of nitrogens with zero attached hydrogens (tertiary/aromatic N) is 3. The van der Waals surface area contributed by atoms with Crippen molar-refractivity contribution in [2.24, 2.45) is 0 Å². The molecule has 26 heavy (non-hydrogen) atoms. The summed E-state index contributed by atoms with van der Waals surface area (Å²) < 4.78 is 0. The molecular formula is C20H36N4O2. The molecule has 148 valence electrons. The minimum absolute atomic E-state index is 0.157. The van der Waals surface area contributed by atoms with Gasteiger partial charge >= 0.3 is 0 Å². The van der Waals surface area contributed by atoms with E-state index in [2.05, 4.69) is 22.2 Å². The third-order valence-corrected chi connectivity index (χ3v) is 6.28. The highest BCUT2D eigenvalue weighted by Crippen LogP contribution is 2.20. The van der Waals surface area contributed by atoms with Crippen LogP contribution < -0.4 is 5.32 Å². The fourth-order valence-electron chi connectivity index (χ4n) is 4.64. The van der Waals surface area contributed by atoms with E-state index in [1.807, 2.05) is 4.90 Å². The molecule has 0 aliphatic carbocycles. The fraction of sp³-hybridized carbons (Fsp3) is 0.900. The molecule has 3 heterocycles. The molecule has 3 fully saturated rings. The molecule has 0 saturated carbocycles. The summed E-state index contributed by atoms with van der Waals surface area (Å²) >= 11 is 0. The molecule has 0 aromatic heterocycles. The Bertz CT molecular complexity index is 476. The molecule has 1 atom stereocenters. The van der Waals surface area contributed by atoms with Crippen LogP contribution in [-0.2, 0) is 9.59 Å². The van der Waals surface area contributed by atoms with Crippen molar-refractivity contribution in [3.8, 4) is 0 Å². The Morgan fingerprint density at radius 1 is 1.08 bits per heavy atom. The van der Waals surface area contributed by atoms with Crippen LogP contribution in [0.1, 0.15) is 57.8 Å². The second-order valence-electron chi connectivity index (χ2n) is 8.38. The highest BCUT2D eigenvalue weighted by Gasteiger charge is 2.28. The lowest BCUT2D eigenvalue weighted by atomic mass is 9.98. The van der Waals surface area contributed by atoms with Crippen LogP contribution in [0.4, 0.5) is 0 Å². The molecule has 3 saturated heterocycles. The zero-order chi connectivity index (χ0) is 18.4. The number of hydrogen-bond acceptors (Lipinski definition) is 4. The predicted molar refractivity (Wildman–Crippen MR) is 103 cm³/mol. The fourth-order valence-corrected chi connectivity index (χ4v) is 4.64. The van der Waals surface area contributed by atoms with Gasteiger partial charge in [0.05, 0.1) is 0 Å². The van der Waals surface area contributed by atoms with Gasteiger partial charge in [0.25, 0.3) is 0 Å². The lowest BCUT2D eigenvalue weighted by Gasteiger charge is -2.41. The van der Waals surface area contributed by atoms with Gasteiger partial charge in [-0.25, -0.2) is 0 Å². The van der Waals surface area contributed by atoms with E-state index in [9.17, 15) is 9.59 Å². The van der Waals surface area contributed by atoms with Crippen LogP contribution >= 0.6 is 0 Å². The van der Waals surface area contributed by atoms with Crippen LogP contribution in [0.2, 0.25) is 0 Å². The smallest absolute Gasteiger partial charge is 0.222 e. The minimum Gasteiger partial charge on any atom is -0.352 e. The summed E-state index contributed by atoms with van der Waals surface area (Å²) in [6.07, 6.45) is 8.90. The molecule has 6 heteroatoms. The van der Waals surface area contributed by atoms with Gasteiger partial charge in [0, 0.05) is 44.6 Å². The van der Waals surface area contributed by atoms with E-state index in [0.717, 1.165) is 45.3 Å². The second-order valence-corrected chi connectivity index (χ2v) is 8.38. The van der Waals surface area contributed by atoms with Gasteiger partial charge in [0.15, 0.2) is 0 Å². The van der Waals surface area contributed by atoms with Gasteiger partial charge in [0.2, 0.25) is 11.8 Å². The van der Waals surface area contributed by atoms with Crippen LogP contribution in [0.5, 0.6) is 0 Å². The molecule has 0 radical (unpaired) electrons. The van der Waals surface area contributed by atoms with Crippen LogP contribution in [0.25, 0.3) is 0 Å². The van der Waals surface area contributed by atoms with Crippen molar-refractivity contribution in [3.63, 3.8) is 0 Å². The Kier molecular flexibility index (Phi) is 7.32. The second kappa shape index (κ2) is 9.70. The predicted octanol–water partition coefficient (Wildman–Crippen LogP) is 1.45. The highest BCUT2D eigenvalue weighted by molar-refractivity contribution is 5.77. The van der Waals surface area contributed by atoms with Crippen LogP contribution in [-0.4, -0.2) is 84.9 Å². The molecule has 6 nitrogen and oxygen atoms in total. The third kappa shape index (κ3) is 5.68. The van der Waals surface area contributed by atoms with E-state index < -0.39 is 0 Å². The standard InChI is InChI=1S/C20H36N4O2/c1-22-14-9-18(10-15-22)24-13-4-6-17(16-24)21-19(25)7-5-12-23-11-3-2-8-20(23)26/h17-18H,2-16H2,1H3,(H,21,25). The largest absolute Gasteiger partial charge is 0.352 e. The van der Waals surface area contributed by atoms with Gasteiger partial charge in [-0.2, -0.15) is 0 Å². The Morgan fingerprint density at radius 3 is 2.65 bits per heavy atom. The summed E-state index contributed by atoms with van der Waals surface area (Å²) in [4.78, 5) is 31.1. The van der Waals surface area contributed by atoms with Crippen LogP contribution in [0.15, 0.2) is 0 Å². The summed E-state index contributed by atoms with van der Waals surface area (Å²) in [5.41, 5.74) is 0. The van der Waals surface area contributed by atoms with E-state index in [4.69, 9.17) is 0 Å². The highest BCUT2D eigenvalue weighted by atomic mass is 16.2. The molecule has 3 rings (SSSR count). The summed E-state index contributed by atoms with van der Waals surface area (Å²) in [5.74, 6) is 0.419. The monoisotopic (exact) mass is 364 g/mol. The topological polar surface area (TPSA) is 55.9 Å². The molecule has 0 spiro atoms. The van der Waals surface area contributed by atoms with E-state index in [1.54, 1.807) is 0 Å². The van der Waals surface area contributed by atoms with Crippen LogP contribution in [0.3, 0.4) is 0 Å². The Balaban J connectivity index is 1.35. The number of amides is 2. The van der Waals surface area contributed by atoms with Crippen molar-refractivity contribution < 1.29 is 9.59 Å². The Morgan fingerprint density at radius 2 is 1.88 bits per heavy atom. The summed E-state index contributed by atoms with van der Waals surface area (Å²) in [6, 6.07) is 0.989. The van der Waals surface area contributed by atoms with Crippen molar-refractivity contribution in [1.82, 2.24) is 20.0 Å². The van der Waals surface area contributed by atoms with Gasteiger partial charge in [-0.15, -0.1) is 0 Å². The maximum absolute atomic E-state index is 12.3. The van der Waals surface area contributed by atoms with Crippen LogP contribution in [0, 0.1) is 0 Å². The number of carbonyl (C=O) groups excluding carboxylic acids is 2. The zero-order valence-electron chi connectivity index (χ0n) is 16.4. The maximum Gasteiger partial charge on any atom is 0.222 e. The van der Waals surface area contributed by atoms with Gasteiger partial charge in [0.1, 0.15) is 0 Å². The molecule has 2 amide bonds. The van der Waals surface area contributed by atoms with E-state index >= 15 is 0 Å². The SMILES string of the molecule is CN1CCC(N2CCCC(NC(=O)CCCN3CCCCC3=O)C2)CC1. The van der Waals surface area contributed by atoms with Crippen molar-refractivity contribution in [2.75, 3.05) is 46.3 Å². The number of carbonyl (C=O) groups is 2.